The molecule has 0 radical (unpaired) electrons. The molecule has 0 aliphatic carbocycles. The average Bonchev–Trinajstić information content (AvgIpc) is 3.18. The first-order chi connectivity index (χ1) is 11.2. The first kappa shape index (κ1) is 13.8. The molecular weight excluding hydrogens is 310 g/mol. The number of benzene rings is 2. The summed E-state index contributed by atoms with van der Waals surface area (Å²) >= 11 is 1.48. The van der Waals surface area contributed by atoms with E-state index < -0.39 is 0 Å². The number of carbonyl (C=O) groups excluding carboxylic acids is 1. The molecule has 0 aliphatic rings. The van der Waals surface area contributed by atoms with Crippen molar-refractivity contribution >= 4 is 43.6 Å². The van der Waals surface area contributed by atoms with Gasteiger partial charge in [0.05, 0.1) is 10.2 Å². The number of carbonyl (C=O) groups is 1. The summed E-state index contributed by atoms with van der Waals surface area (Å²) in [6.07, 6.45) is 0.979. The van der Waals surface area contributed by atoms with Gasteiger partial charge in [-0.15, -0.1) is 0 Å². The number of hydrogen-bond acceptors (Lipinski definition) is 5. The Labute approximate surface area is 135 Å². The van der Waals surface area contributed by atoms with Crippen molar-refractivity contribution in [2.24, 2.45) is 0 Å². The predicted octanol–water partition coefficient (Wildman–Crippen LogP) is 3.38. The third-order valence-corrected chi connectivity index (χ3v) is 4.59. The van der Waals surface area contributed by atoms with Gasteiger partial charge < -0.3 is 0 Å². The molecule has 23 heavy (non-hydrogen) atoms. The molecule has 0 atom stereocenters. The van der Waals surface area contributed by atoms with Crippen molar-refractivity contribution in [3.63, 3.8) is 0 Å². The summed E-state index contributed by atoms with van der Waals surface area (Å²) in [5.41, 5.74) is 4.08. The summed E-state index contributed by atoms with van der Waals surface area (Å²) in [5, 5.41) is 14.0. The second-order valence-corrected chi connectivity index (χ2v) is 6.19. The molecule has 0 spiro atoms. The molecule has 0 saturated carbocycles. The van der Waals surface area contributed by atoms with Crippen LogP contribution in [0, 0.1) is 0 Å². The van der Waals surface area contributed by atoms with Gasteiger partial charge in [-0.2, -0.15) is 15.4 Å². The van der Waals surface area contributed by atoms with Crippen LogP contribution in [0.15, 0.2) is 36.4 Å². The largest absolute Gasteiger partial charge is 0.298 e. The van der Waals surface area contributed by atoms with E-state index >= 15 is 0 Å². The van der Waals surface area contributed by atoms with E-state index in [9.17, 15) is 4.79 Å². The molecule has 1 amide bonds. The van der Waals surface area contributed by atoms with Gasteiger partial charge in [0.25, 0.3) is 5.91 Å². The fraction of sp³-hybridized carbons (Fsp3) is 0.125. The van der Waals surface area contributed by atoms with E-state index in [1.54, 1.807) is 18.2 Å². The molecule has 0 saturated heterocycles. The molecule has 0 aliphatic heterocycles. The molecule has 0 bridgehead atoms. The Morgan fingerprint density at radius 3 is 2.83 bits per heavy atom. The van der Waals surface area contributed by atoms with Gasteiger partial charge in [-0.05, 0) is 42.3 Å². The Bertz CT molecular complexity index is 1020. The quantitative estimate of drug-likeness (QED) is 0.605. The van der Waals surface area contributed by atoms with E-state index in [0.717, 1.165) is 22.2 Å². The van der Waals surface area contributed by atoms with Gasteiger partial charge in [0.2, 0.25) is 0 Å². The van der Waals surface area contributed by atoms with E-state index in [4.69, 9.17) is 0 Å². The highest BCUT2D eigenvalue weighted by Gasteiger charge is 2.11. The third kappa shape index (κ3) is 2.55. The number of fused-ring (bicyclic) bond motifs is 2. The van der Waals surface area contributed by atoms with Gasteiger partial charge in [-0.1, -0.05) is 24.3 Å². The van der Waals surface area contributed by atoms with Gasteiger partial charge in [-0.3, -0.25) is 10.1 Å². The Morgan fingerprint density at radius 1 is 1.13 bits per heavy atom. The highest BCUT2D eigenvalue weighted by molar-refractivity contribution is 7.22. The molecule has 0 fully saturated rings. The second kappa shape index (κ2) is 5.44. The van der Waals surface area contributed by atoms with Crippen molar-refractivity contribution in [1.29, 1.82) is 0 Å². The molecule has 0 unspecified atom stereocenters. The SMILES string of the molecule is CCc1ccc2nc(NC(=O)c3ccc4n[nH]nc4c3)sc2c1. The smallest absolute Gasteiger partial charge is 0.257 e. The fourth-order valence-electron chi connectivity index (χ4n) is 2.39. The van der Waals surface area contributed by atoms with Gasteiger partial charge in [0.15, 0.2) is 5.13 Å². The van der Waals surface area contributed by atoms with Crippen LogP contribution in [0.2, 0.25) is 0 Å². The van der Waals surface area contributed by atoms with Crippen molar-refractivity contribution in [3.05, 3.63) is 47.5 Å². The predicted molar refractivity (Wildman–Crippen MR) is 90.8 cm³/mol. The molecule has 2 N–H and O–H groups in total. The maximum absolute atomic E-state index is 12.4. The first-order valence-electron chi connectivity index (χ1n) is 7.24. The number of aryl methyl sites for hydroxylation is 1. The minimum absolute atomic E-state index is 0.204. The van der Waals surface area contributed by atoms with Crippen molar-refractivity contribution in [2.45, 2.75) is 13.3 Å². The second-order valence-electron chi connectivity index (χ2n) is 5.16. The number of thiazole rings is 1. The van der Waals surface area contributed by atoms with E-state index in [0.29, 0.717) is 16.2 Å². The maximum Gasteiger partial charge on any atom is 0.257 e. The lowest BCUT2D eigenvalue weighted by molar-refractivity contribution is 0.102. The number of amides is 1. The highest BCUT2D eigenvalue weighted by atomic mass is 32.1. The van der Waals surface area contributed by atoms with E-state index in [2.05, 4.69) is 44.8 Å². The molecule has 7 heteroatoms. The molecular formula is C16H13N5OS. The standard InChI is InChI=1S/C16H13N5OS/c1-2-9-3-5-12-14(7-9)23-16(17-12)18-15(22)10-4-6-11-13(8-10)20-21-19-11/h3-8H,2H2,1H3,(H,17,18,22)(H,19,20,21). The first-order valence-corrected chi connectivity index (χ1v) is 8.06. The molecule has 4 aromatic rings. The van der Waals surface area contributed by atoms with Crippen LogP contribution in [0.4, 0.5) is 5.13 Å². The molecule has 2 aromatic carbocycles. The maximum atomic E-state index is 12.4. The van der Waals surface area contributed by atoms with E-state index in [-0.39, 0.29) is 5.91 Å². The number of anilines is 1. The van der Waals surface area contributed by atoms with Crippen molar-refractivity contribution < 1.29 is 4.79 Å². The van der Waals surface area contributed by atoms with E-state index in [1.165, 1.54) is 16.9 Å². The summed E-state index contributed by atoms with van der Waals surface area (Å²) in [5.74, 6) is -0.204. The Balaban J connectivity index is 1.62. The number of hydrogen-bond donors (Lipinski definition) is 2. The summed E-state index contributed by atoms with van der Waals surface area (Å²) in [4.78, 5) is 16.8. The topological polar surface area (TPSA) is 83.6 Å². The Morgan fingerprint density at radius 2 is 1.96 bits per heavy atom. The van der Waals surface area contributed by atoms with Gasteiger partial charge in [0.1, 0.15) is 11.0 Å². The number of nitrogens with zero attached hydrogens (tertiary/aromatic N) is 3. The van der Waals surface area contributed by atoms with Crippen LogP contribution in [-0.2, 0) is 6.42 Å². The summed E-state index contributed by atoms with van der Waals surface area (Å²) in [6.45, 7) is 2.12. The highest BCUT2D eigenvalue weighted by Crippen LogP contribution is 2.27. The zero-order valence-electron chi connectivity index (χ0n) is 12.3. The van der Waals surface area contributed by atoms with Gasteiger partial charge in [0, 0.05) is 5.56 Å². The number of nitrogens with one attached hydrogen (secondary N) is 2. The normalized spacial score (nSPS) is 11.2. The molecule has 2 heterocycles. The lowest BCUT2D eigenvalue weighted by atomic mass is 10.2. The van der Waals surface area contributed by atoms with Crippen LogP contribution in [-0.4, -0.2) is 26.3 Å². The van der Waals surface area contributed by atoms with Gasteiger partial charge >= 0.3 is 0 Å². The van der Waals surface area contributed by atoms with Crippen molar-refractivity contribution in [1.82, 2.24) is 20.4 Å². The Hall–Kier alpha value is -2.80. The molecule has 6 nitrogen and oxygen atoms in total. The van der Waals surface area contributed by atoms with Crippen LogP contribution in [0.1, 0.15) is 22.8 Å². The third-order valence-electron chi connectivity index (χ3n) is 3.66. The summed E-state index contributed by atoms with van der Waals surface area (Å²) in [7, 11) is 0. The average molecular weight is 323 g/mol. The van der Waals surface area contributed by atoms with Crippen LogP contribution in [0.25, 0.3) is 21.3 Å². The lowest BCUT2D eigenvalue weighted by Crippen LogP contribution is -2.11. The molecule has 2 aromatic heterocycles. The van der Waals surface area contributed by atoms with Crippen LogP contribution in [0.5, 0.6) is 0 Å². The molecule has 4 rings (SSSR count). The fourth-order valence-corrected chi connectivity index (χ4v) is 3.32. The van der Waals surface area contributed by atoms with Crippen molar-refractivity contribution in [2.75, 3.05) is 5.32 Å². The van der Waals surface area contributed by atoms with Gasteiger partial charge in [-0.25, -0.2) is 4.98 Å². The van der Waals surface area contributed by atoms with Crippen LogP contribution >= 0.6 is 11.3 Å². The zero-order valence-corrected chi connectivity index (χ0v) is 13.1. The van der Waals surface area contributed by atoms with Crippen LogP contribution in [0.3, 0.4) is 0 Å². The van der Waals surface area contributed by atoms with Crippen molar-refractivity contribution in [3.8, 4) is 0 Å². The Kier molecular flexibility index (Phi) is 3.27. The number of H-pyrrole nitrogens is 1. The minimum atomic E-state index is -0.204. The number of aromatic nitrogens is 4. The summed E-state index contributed by atoms with van der Waals surface area (Å²) in [6, 6.07) is 11.4. The summed E-state index contributed by atoms with van der Waals surface area (Å²) < 4.78 is 1.08. The molecule has 114 valence electrons. The van der Waals surface area contributed by atoms with E-state index in [1.807, 2.05) is 6.07 Å². The number of rotatable bonds is 3. The number of aromatic amines is 1. The lowest BCUT2D eigenvalue weighted by Gasteiger charge is -2.00. The minimum Gasteiger partial charge on any atom is -0.298 e. The monoisotopic (exact) mass is 323 g/mol. The zero-order chi connectivity index (χ0) is 15.8. The van der Waals surface area contributed by atoms with Crippen LogP contribution < -0.4 is 5.32 Å².